The first kappa shape index (κ1) is 14.0. The van der Waals surface area contributed by atoms with Gasteiger partial charge in [0, 0.05) is 12.6 Å². The maximum atomic E-state index is 3.40. The lowest BCUT2D eigenvalue weighted by Gasteiger charge is -2.31. The molecule has 0 radical (unpaired) electrons. The van der Waals surface area contributed by atoms with Gasteiger partial charge in [-0.3, -0.25) is 0 Å². The number of hydrogen-bond donors (Lipinski definition) is 1. The molecule has 0 spiro atoms. The Kier molecular flexibility index (Phi) is 6.37. The zero-order valence-electron chi connectivity index (χ0n) is 11.6. The van der Waals surface area contributed by atoms with E-state index in [1.165, 1.54) is 45.2 Å². The Morgan fingerprint density at radius 1 is 1.19 bits per heavy atom. The number of hydrogen-bond acceptors (Lipinski definition) is 2. The average Bonchev–Trinajstić information content (AvgIpc) is 2.27. The highest BCUT2D eigenvalue weighted by Gasteiger charge is 2.20. The summed E-state index contributed by atoms with van der Waals surface area (Å²) in [6.45, 7) is 7.20. The summed E-state index contributed by atoms with van der Waals surface area (Å²) in [6, 6.07) is 0.789. The second kappa shape index (κ2) is 7.29. The van der Waals surface area contributed by atoms with Gasteiger partial charge in [0.25, 0.3) is 0 Å². The lowest BCUT2D eigenvalue weighted by atomic mass is 9.86. The molecule has 1 fully saturated rings. The molecule has 1 saturated carbocycles. The van der Waals surface area contributed by atoms with E-state index < -0.39 is 0 Å². The Hall–Kier alpha value is -0.0800. The van der Waals surface area contributed by atoms with Gasteiger partial charge >= 0.3 is 0 Å². The van der Waals surface area contributed by atoms with Crippen LogP contribution in [0.1, 0.15) is 46.0 Å². The first-order valence-corrected chi connectivity index (χ1v) is 6.97. The van der Waals surface area contributed by atoms with Gasteiger partial charge in [0.15, 0.2) is 0 Å². The Morgan fingerprint density at radius 3 is 2.31 bits per heavy atom. The van der Waals surface area contributed by atoms with E-state index in [1.54, 1.807) is 0 Å². The summed E-state index contributed by atoms with van der Waals surface area (Å²) in [7, 11) is 4.38. The molecule has 0 saturated heterocycles. The third-order valence-corrected chi connectivity index (χ3v) is 3.91. The van der Waals surface area contributed by atoms with Crippen molar-refractivity contribution in [2.75, 3.05) is 27.2 Å². The molecule has 0 aromatic rings. The summed E-state index contributed by atoms with van der Waals surface area (Å²) in [4.78, 5) is 2.53. The van der Waals surface area contributed by atoms with E-state index >= 15 is 0 Å². The summed E-state index contributed by atoms with van der Waals surface area (Å²) in [5.74, 6) is 1.78. The SMILES string of the molecule is CNC1CCC(CN(C)CCC(C)C)CC1. The first-order valence-electron chi connectivity index (χ1n) is 6.97. The van der Waals surface area contributed by atoms with E-state index in [4.69, 9.17) is 0 Å². The summed E-state index contributed by atoms with van der Waals surface area (Å²) in [6.07, 6.45) is 6.91. The van der Waals surface area contributed by atoms with Crippen molar-refractivity contribution in [3.63, 3.8) is 0 Å². The monoisotopic (exact) mass is 226 g/mol. The molecule has 1 N–H and O–H groups in total. The quantitative estimate of drug-likeness (QED) is 0.749. The molecule has 96 valence electrons. The van der Waals surface area contributed by atoms with Crippen LogP contribution in [0.5, 0.6) is 0 Å². The summed E-state index contributed by atoms with van der Waals surface area (Å²) in [5.41, 5.74) is 0. The third-order valence-electron chi connectivity index (χ3n) is 3.91. The molecule has 0 aromatic carbocycles. The zero-order valence-corrected chi connectivity index (χ0v) is 11.6. The Bertz CT molecular complexity index is 172. The average molecular weight is 226 g/mol. The van der Waals surface area contributed by atoms with Gasteiger partial charge < -0.3 is 10.2 Å². The lowest BCUT2D eigenvalue weighted by molar-refractivity contribution is 0.210. The first-order chi connectivity index (χ1) is 7.61. The van der Waals surface area contributed by atoms with Crippen LogP contribution in [-0.2, 0) is 0 Å². The summed E-state index contributed by atoms with van der Waals surface area (Å²) in [5, 5.41) is 3.40. The van der Waals surface area contributed by atoms with Crippen LogP contribution < -0.4 is 5.32 Å². The van der Waals surface area contributed by atoms with Crippen molar-refractivity contribution < 1.29 is 0 Å². The topological polar surface area (TPSA) is 15.3 Å². The van der Waals surface area contributed by atoms with Gasteiger partial charge in [-0.05, 0) is 64.6 Å². The van der Waals surface area contributed by atoms with Crippen molar-refractivity contribution in [2.24, 2.45) is 11.8 Å². The van der Waals surface area contributed by atoms with E-state index in [9.17, 15) is 0 Å². The molecule has 0 aromatic heterocycles. The normalized spacial score (nSPS) is 26.6. The van der Waals surface area contributed by atoms with Crippen LogP contribution in [0.25, 0.3) is 0 Å². The van der Waals surface area contributed by atoms with Gasteiger partial charge in [-0.25, -0.2) is 0 Å². The highest BCUT2D eigenvalue weighted by atomic mass is 15.1. The van der Waals surface area contributed by atoms with Crippen LogP contribution in [0.15, 0.2) is 0 Å². The molecule has 0 heterocycles. The van der Waals surface area contributed by atoms with Gasteiger partial charge in [-0.2, -0.15) is 0 Å². The molecule has 0 aliphatic heterocycles. The number of nitrogens with zero attached hydrogens (tertiary/aromatic N) is 1. The Morgan fingerprint density at radius 2 is 1.81 bits per heavy atom. The van der Waals surface area contributed by atoms with Crippen LogP contribution in [0.3, 0.4) is 0 Å². The predicted molar refractivity (Wildman–Crippen MR) is 71.8 cm³/mol. The second-order valence-corrected chi connectivity index (χ2v) is 5.95. The van der Waals surface area contributed by atoms with Crippen LogP contribution >= 0.6 is 0 Å². The van der Waals surface area contributed by atoms with Crippen LogP contribution in [0.2, 0.25) is 0 Å². The smallest absolute Gasteiger partial charge is 0.00642 e. The fraction of sp³-hybridized carbons (Fsp3) is 1.00. The third kappa shape index (κ3) is 5.31. The van der Waals surface area contributed by atoms with Gasteiger partial charge in [-0.15, -0.1) is 0 Å². The summed E-state index contributed by atoms with van der Waals surface area (Å²) >= 11 is 0. The van der Waals surface area contributed by atoms with E-state index in [-0.39, 0.29) is 0 Å². The Balaban J connectivity index is 2.13. The molecule has 1 aliphatic rings. The summed E-state index contributed by atoms with van der Waals surface area (Å²) < 4.78 is 0. The van der Waals surface area contributed by atoms with E-state index in [2.05, 4.69) is 38.2 Å². The second-order valence-electron chi connectivity index (χ2n) is 5.95. The fourth-order valence-electron chi connectivity index (χ4n) is 2.64. The van der Waals surface area contributed by atoms with Crippen molar-refractivity contribution >= 4 is 0 Å². The van der Waals surface area contributed by atoms with E-state index in [0.717, 1.165) is 17.9 Å². The van der Waals surface area contributed by atoms with Crippen molar-refractivity contribution in [1.82, 2.24) is 10.2 Å². The van der Waals surface area contributed by atoms with Crippen molar-refractivity contribution in [3.05, 3.63) is 0 Å². The number of nitrogens with one attached hydrogen (secondary N) is 1. The van der Waals surface area contributed by atoms with Crippen LogP contribution in [-0.4, -0.2) is 38.1 Å². The minimum atomic E-state index is 0.789. The lowest BCUT2D eigenvalue weighted by Crippen LogP contribution is -2.34. The van der Waals surface area contributed by atoms with E-state index in [0.29, 0.717) is 0 Å². The van der Waals surface area contributed by atoms with Gasteiger partial charge in [0.05, 0.1) is 0 Å². The highest BCUT2D eigenvalue weighted by Crippen LogP contribution is 2.24. The largest absolute Gasteiger partial charge is 0.317 e. The zero-order chi connectivity index (χ0) is 12.0. The minimum absolute atomic E-state index is 0.789. The molecule has 2 nitrogen and oxygen atoms in total. The molecule has 1 aliphatic carbocycles. The molecular formula is C14H30N2. The van der Waals surface area contributed by atoms with Gasteiger partial charge in [0.1, 0.15) is 0 Å². The highest BCUT2D eigenvalue weighted by molar-refractivity contribution is 4.77. The van der Waals surface area contributed by atoms with E-state index in [1.807, 2.05) is 0 Å². The van der Waals surface area contributed by atoms with Crippen LogP contribution in [0.4, 0.5) is 0 Å². The molecule has 0 unspecified atom stereocenters. The maximum Gasteiger partial charge on any atom is 0.00642 e. The van der Waals surface area contributed by atoms with Gasteiger partial charge in [0.2, 0.25) is 0 Å². The molecular weight excluding hydrogens is 196 g/mol. The fourth-order valence-corrected chi connectivity index (χ4v) is 2.64. The standard InChI is InChI=1S/C14H30N2/c1-12(2)9-10-16(4)11-13-5-7-14(15-3)8-6-13/h12-15H,5-11H2,1-4H3. The number of rotatable bonds is 6. The van der Waals surface area contributed by atoms with Crippen molar-refractivity contribution in [2.45, 2.75) is 52.0 Å². The molecule has 1 rings (SSSR count). The van der Waals surface area contributed by atoms with Crippen molar-refractivity contribution in [1.29, 1.82) is 0 Å². The molecule has 0 amide bonds. The predicted octanol–water partition coefficient (Wildman–Crippen LogP) is 2.74. The van der Waals surface area contributed by atoms with Crippen LogP contribution in [0, 0.1) is 11.8 Å². The Labute approximate surface area is 102 Å². The molecule has 16 heavy (non-hydrogen) atoms. The minimum Gasteiger partial charge on any atom is -0.317 e. The maximum absolute atomic E-state index is 3.40. The molecule has 2 heteroatoms. The molecule has 0 atom stereocenters. The molecule has 0 bridgehead atoms. The van der Waals surface area contributed by atoms with Gasteiger partial charge in [-0.1, -0.05) is 13.8 Å². The van der Waals surface area contributed by atoms with Crippen molar-refractivity contribution in [3.8, 4) is 0 Å².